The van der Waals surface area contributed by atoms with E-state index in [1.165, 1.54) is 0 Å². The number of esters is 1. The molecule has 1 atom stereocenters. The largest absolute Gasteiger partial charge is 0.482 e. The van der Waals surface area contributed by atoms with Crippen molar-refractivity contribution in [3.05, 3.63) is 28.2 Å². The number of ether oxygens (including phenoxy) is 2. The van der Waals surface area contributed by atoms with Crippen LogP contribution in [0.15, 0.2) is 18.2 Å². The summed E-state index contributed by atoms with van der Waals surface area (Å²) in [4.78, 5) is 25.7. The van der Waals surface area contributed by atoms with Gasteiger partial charge in [0, 0.05) is 13.1 Å². The number of amides is 1. The molecule has 23 heavy (non-hydrogen) atoms. The van der Waals surface area contributed by atoms with Gasteiger partial charge in [-0.2, -0.15) is 0 Å². The van der Waals surface area contributed by atoms with Gasteiger partial charge in [-0.15, -0.1) is 0 Å². The molecule has 1 heterocycles. The van der Waals surface area contributed by atoms with E-state index in [2.05, 4.69) is 0 Å². The summed E-state index contributed by atoms with van der Waals surface area (Å²) in [5.74, 6) is -0.326. The van der Waals surface area contributed by atoms with Gasteiger partial charge in [0.1, 0.15) is 10.8 Å². The summed E-state index contributed by atoms with van der Waals surface area (Å²) in [5, 5.41) is 0.655. The summed E-state index contributed by atoms with van der Waals surface area (Å²) < 4.78 is 10.5. The topological polar surface area (TPSA) is 55.8 Å². The summed E-state index contributed by atoms with van der Waals surface area (Å²) in [6.45, 7) is 2.95. The van der Waals surface area contributed by atoms with Crippen LogP contribution in [0.3, 0.4) is 0 Å². The third kappa shape index (κ3) is 4.75. The lowest BCUT2D eigenvalue weighted by molar-refractivity contribution is -0.151. The van der Waals surface area contributed by atoms with E-state index >= 15 is 0 Å². The Morgan fingerprint density at radius 1 is 1.35 bits per heavy atom. The van der Waals surface area contributed by atoms with Crippen molar-refractivity contribution in [2.75, 3.05) is 26.3 Å². The number of nitrogens with zero attached hydrogens (tertiary/aromatic N) is 1. The molecule has 1 saturated heterocycles. The standard InChI is InChI=1S/C16H19Cl2NO4/c1-2-22-16(21)11-5-4-8-19(9-11)14(20)10-23-13-7-3-6-12(17)15(13)18/h3,6-7,11H,2,4-5,8-10H2,1H3/t11-/m1/s1. The SMILES string of the molecule is CCOC(=O)[C@@H]1CCCN(C(=O)COc2cccc(Cl)c2Cl)C1. The van der Waals surface area contributed by atoms with Gasteiger partial charge in [0.15, 0.2) is 6.61 Å². The predicted molar refractivity (Wildman–Crippen MR) is 87.9 cm³/mol. The number of carbonyl (C=O) groups is 2. The number of benzene rings is 1. The fraction of sp³-hybridized carbons (Fsp3) is 0.500. The lowest BCUT2D eigenvalue weighted by Gasteiger charge is -2.31. The summed E-state index contributed by atoms with van der Waals surface area (Å²) in [5.41, 5.74) is 0. The predicted octanol–water partition coefficient (Wildman–Crippen LogP) is 3.17. The first-order valence-electron chi connectivity index (χ1n) is 7.54. The first-order valence-corrected chi connectivity index (χ1v) is 8.29. The quantitative estimate of drug-likeness (QED) is 0.757. The van der Waals surface area contributed by atoms with E-state index in [1.807, 2.05) is 0 Å². The Bertz CT molecular complexity index is 579. The average Bonchev–Trinajstić information content (AvgIpc) is 2.56. The first kappa shape index (κ1) is 17.9. The van der Waals surface area contributed by atoms with Gasteiger partial charge in [-0.1, -0.05) is 29.3 Å². The summed E-state index contributed by atoms with van der Waals surface area (Å²) in [7, 11) is 0. The van der Waals surface area contributed by atoms with Gasteiger partial charge < -0.3 is 14.4 Å². The fourth-order valence-corrected chi connectivity index (χ4v) is 2.83. The zero-order valence-electron chi connectivity index (χ0n) is 12.9. The van der Waals surface area contributed by atoms with Crippen LogP contribution in [0.4, 0.5) is 0 Å². The second kappa shape index (κ2) is 8.41. The Morgan fingerprint density at radius 3 is 2.87 bits per heavy atom. The van der Waals surface area contributed by atoms with Crippen LogP contribution in [0.1, 0.15) is 19.8 Å². The lowest BCUT2D eigenvalue weighted by Crippen LogP contribution is -2.44. The molecule has 0 aliphatic carbocycles. The van der Waals surface area contributed by atoms with Crippen molar-refractivity contribution in [1.82, 2.24) is 4.90 Å². The molecule has 1 aliphatic heterocycles. The molecule has 5 nitrogen and oxygen atoms in total. The highest BCUT2D eigenvalue weighted by molar-refractivity contribution is 6.42. The maximum atomic E-state index is 12.3. The minimum atomic E-state index is -0.262. The smallest absolute Gasteiger partial charge is 0.310 e. The van der Waals surface area contributed by atoms with Crippen molar-refractivity contribution in [2.45, 2.75) is 19.8 Å². The third-order valence-corrected chi connectivity index (χ3v) is 4.46. The number of carbonyl (C=O) groups excluding carboxylic acids is 2. The summed E-state index contributed by atoms with van der Waals surface area (Å²) in [6.07, 6.45) is 1.51. The Hall–Kier alpha value is -1.46. The van der Waals surface area contributed by atoms with Crippen LogP contribution in [0.2, 0.25) is 10.0 Å². The van der Waals surface area contributed by atoms with E-state index in [0.717, 1.165) is 12.8 Å². The molecule has 1 fully saturated rings. The van der Waals surface area contributed by atoms with E-state index in [4.69, 9.17) is 32.7 Å². The van der Waals surface area contributed by atoms with Crippen molar-refractivity contribution in [3.8, 4) is 5.75 Å². The molecular formula is C16H19Cl2NO4. The molecule has 0 N–H and O–H groups in total. The van der Waals surface area contributed by atoms with E-state index in [0.29, 0.717) is 30.5 Å². The van der Waals surface area contributed by atoms with Crippen LogP contribution in [-0.4, -0.2) is 43.1 Å². The Morgan fingerprint density at radius 2 is 2.13 bits per heavy atom. The van der Waals surface area contributed by atoms with Crippen molar-refractivity contribution in [3.63, 3.8) is 0 Å². The number of likely N-dealkylation sites (tertiary alicyclic amines) is 1. The van der Waals surface area contributed by atoms with Crippen LogP contribution in [0, 0.1) is 5.92 Å². The molecule has 0 bridgehead atoms. The third-order valence-electron chi connectivity index (χ3n) is 3.66. The zero-order valence-corrected chi connectivity index (χ0v) is 14.4. The second-order valence-corrected chi connectivity index (χ2v) is 6.06. The molecule has 0 aromatic heterocycles. The van der Waals surface area contributed by atoms with Gasteiger partial charge in [0.05, 0.1) is 17.5 Å². The molecule has 0 spiro atoms. The van der Waals surface area contributed by atoms with Gasteiger partial charge in [-0.3, -0.25) is 9.59 Å². The summed E-state index contributed by atoms with van der Waals surface area (Å²) in [6, 6.07) is 5.00. The van der Waals surface area contributed by atoms with Gasteiger partial charge in [0.2, 0.25) is 0 Å². The number of halogens is 2. The van der Waals surface area contributed by atoms with Crippen LogP contribution in [-0.2, 0) is 14.3 Å². The van der Waals surface area contributed by atoms with E-state index < -0.39 is 0 Å². The fourth-order valence-electron chi connectivity index (χ4n) is 2.48. The molecule has 1 aromatic carbocycles. The molecule has 0 saturated carbocycles. The molecule has 126 valence electrons. The molecular weight excluding hydrogens is 341 g/mol. The number of piperidine rings is 1. The highest BCUT2D eigenvalue weighted by atomic mass is 35.5. The zero-order chi connectivity index (χ0) is 16.8. The molecule has 1 aliphatic rings. The van der Waals surface area contributed by atoms with Gasteiger partial charge in [0.25, 0.3) is 5.91 Å². The minimum absolute atomic E-state index is 0.143. The number of hydrogen-bond donors (Lipinski definition) is 0. The average molecular weight is 360 g/mol. The maximum Gasteiger partial charge on any atom is 0.310 e. The lowest BCUT2D eigenvalue weighted by atomic mass is 9.98. The van der Waals surface area contributed by atoms with Gasteiger partial charge in [-0.25, -0.2) is 0 Å². The first-order chi connectivity index (χ1) is 11.0. The molecule has 1 aromatic rings. The summed E-state index contributed by atoms with van der Waals surface area (Å²) >= 11 is 11.9. The van der Waals surface area contributed by atoms with Crippen LogP contribution in [0.25, 0.3) is 0 Å². The van der Waals surface area contributed by atoms with Crippen LogP contribution < -0.4 is 4.74 Å². The second-order valence-electron chi connectivity index (χ2n) is 5.27. The molecule has 2 rings (SSSR count). The van der Waals surface area contributed by atoms with Crippen molar-refractivity contribution >= 4 is 35.1 Å². The molecule has 0 unspecified atom stereocenters. The Labute approximate surface area is 145 Å². The normalized spacial score (nSPS) is 17.7. The van der Waals surface area contributed by atoms with Crippen molar-refractivity contribution < 1.29 is 19.1 Å². The Kier molecular flexibility index (Phi) is 6.54. The van der Waals surface area contributed by atoms with Crippen LogP contribution in [0.5, 0.6) is 5.75 Å². The van der Waals surface area contributed by atoms with Crippen LogP contribution >= 0.6 is 23.2 Å². The van der Waals surface area contributed by atoms with E-state index in [1.54, 1.807) is 30.0 Å². The van der Waals surface area contributed by atoms with Gasteiger partial charge >= 0.3 is 5.97 Å². The maximum absolute atomic E-state index is 12.3. The highest BCUT2D eigenvalue weighted by Gasteiger charge is 2.29. The van der Waals surface area contributed by atoms with E-state index in [9.17, 15) is 9.59 Å². The highest BCUT2D eigenvalue weighted by Crippen LogP contribution is 2.31. The Balaban J connectivity index is 1.90. The van der Waals surface area contributed by atoms with Crippen molar-refractivity contribution in [2.24, 2.45) is 5.92 Å². The van der Waals surface area contributed by atoms with Gasteiger partial charge in [-0.05, 0) is 31.9 Å². The monoisotopic (exact) mass is 359 g/mol. The number of hydrogen-bond acceptors (Lipinski definition) is 4. The molecule has 0 radical (unpaired) electrons. The van der Waals surface area contributed by atoms with E-state index in [-0.39, 0.29) is 29.4 Å². The number of rotatable bonds is 5. The molecule has 7 heteroatoms. The minimum Gasteiger partial charge on any atom is -0.482 e. The van der Waals surface area contributed by atoms with Crippen molar-refractivity contribution in [1.29, 1.82) is 0 Å². The molecule has 1 amide bonds.